The number of rotatable bonds is 5. The van der Waals surface area contributed by atoms with Crippen molar-refractivity contribution in [3.63, 3.8) is 0 Å². The van der Waals surface area contributed by atoms with Gasteiger partial charge in [-0.25, -0.2) is 0 Å². The Hall–Kier alpha value is -2.86. The van der Waals surface area contributed by atoms with Crippen LogP contribution in [0.5, 0.6) is 5.75 Å². The van der Waals surface area contributed by atoms with Gasteiger partial charge in [-0.05, 0) is 62.2 Å². The zero-order valence-corrected chi connectivity index (χ0v) is 16.7. The fourth-order valence-electron chi connectivity index (χ4n) is 4.17. The van der Waals surface area contributed by atoms with Gasteiger partial charge in [-0.3, -0.25) is 9.59 Å². The first-order valence-corrected chi connectivity index (χ1v) is 10.2. The number of nitrogens with zero attached hydrogens (tertiary/aromatic N) is 1. The average Bonchev–Trinajstić information content (AvgIpc) is 3.18. The minimum atomic E-state index is -0.545. The smallest absolute Gasteiger partial charge is 0.265 e. The summed E-state index contributed by atoms with van der Waals surface area (Å²) in [6.45, 7) is 2.47. The van der Waals surface area contributed by atoms with Crippen molar-refractivity contribution in [3.8, 4) is 5.75 Å². The van der Waals surface area contributed by atoms with E-state index in [-0.39, 0.29) is 11.8 Å². The minimum Gasteiger partial charge on any atom is -0.480 e. The molecule has 0 bridgehead atoms. The Balaban J connectivity index is 1.40. The lowest BCUT2D eigenvalue weighted by atomic mass is 9.97. The summed E-state index contributed by atoms with van der Waals surface area (Å²) in [6.07, 6.45) is 2.18. The molecule has 2 heterocycles. The third-order valence-corrected chi connectivity index (χ3v) is 5.62. The Bertz CT molecular complexity index is 871. The Morgan fingerprint density at radius 3 is 2.86 bits per heavy atom. The fraction of sp³-hybridized carbons (Fsp3) is 0.391. The first-order valence-electron chi connectivity index (χ1n) is 10.2. The normalized spacial score (nSPS) is 20.7. The van der Waals surface area contributed by atoms with Crippen LogP contribution in [0.1, 0.15) is 28.8 Å². The number of hydrogen-bond donors (Lipinski definition) is 2. The maximum Gasteiger partial charge on any atom is 0.265 e. The van der Waals surface area contributed by atoms with Crippen LogP contribution < -0.4 is 15.4 Å². The second kappa shape index (κ2) is 8.66. The number of fused-ring (bicyclic) bond motifs is 1. The van der Waals surface area contributed by atoms with Crippen molar-refractivity contribution in [1.29, 1.82) is 0 Å². The largest absolute Gasteiger partial charge is 0.480 e. The van der Waals surface area contributed by atoms with E-state index in [1.165, 1.54) is 0 Å². The molecule has 1 fully saturated rings. The molecule has 2 aliphatic rings. The number of benzene rings is 2. The number of ether oxygens (including phenoxy) is 1. The Kier molecular flexibility index (Phi) is 5.81. The molecule has 29 heavy (non-hydrogen) atoms. The molecule has 0 saturated carbocycles. The number of amides is 2. The van der Waals surface area contributed by atoms with Gasteiger partial charge in [-0.15, -0.1) is 0 Å². The second-order valence-electron chi connectivity index (χ2n) is 7.81. The first kappa shape index (κ1) is 19.5. The molecule has 2 unspecified atom stereocenters. The lowest BCUT2D eigenvalue weighted by Gasteiger charge is -2.32. The highest BCUT2D eigenvalue weighted by Gasteiger charge is 2.29. The number of para-hydroxylation sites is 1. The van der Waals surface area contributed by atoms with Crippen LogP contribution in [-0.4, -0.2) is 49.5 Å². The van der Waals surface area contributed by atoms with Crippen molar-refractivity contribution in [2.24, 2.45) is 5.92 Å². The molecule has 0 radical (unpaired) electrons. The maximum absolute atomic E-state index is 13.0. The van der Waals surface area contributed by atoms with Crippen LogP contribution in [-0.2, 0) is 11.2 Å². The molecule has 2 aromatic carbocycles. The van der Waals surface area contributed by atoms with Gasteiger partial charge in [0, 0.05) is 30.8 Å². The summed E-state index contributed by atoms with van der Waals surface area (Å²) < 4.78 is 5.76. The summed E-state index contributed by atoms with van der Waals surface area (Å²) >= 11 is 0. The van der Waals surface area contributed by atoms with Gasteiger partial charge < -0.3 is 20.3 Å². The Morgan fingerprint density at radius 2 is 2.03 bits per heavy atom. The molecule has 2 N–H and O–H groups in total. The lowest BCUT2D eigenvalue weighted by molar-refractivity contribution is -0.122. The number of carbonyl (C=O) groups is 2. The molecule has 6 nitrogen and oxygen atoms in total. The fourth-order valence-corrected chi connectivity index (χ4v) is 4.17. The summed E-state index contributed by atoms with van der Waals surface area (Å²) in [5.74, 6) is 1.07. The van der Waals surface area contributed by atoms with E-state index in [2.05, 4.69) is 10.6 Å². The van der Waals surface area contributed by atoms with Crippen LogP contribution in [0.25, 0.3) is 0 Å². The molecule has 0 aliphatic carbocycles. The van der Waals surface area contributed by atoms with Crippen molar-refractivity contribution < 1.29 is 14.3 Å². The summed E-state index contributed by atoms with van der Waals surface area (Å²) in [5.41, 5.74) is 2.26. The van der Waals surface area contributed by atoms with Crippen molar-refractivity contribution in [1.82, 2.24) is 10.2 Å². The highest BCUT2D eigenvalue weighted by molar-refractivity contribution is 5.98. The number of anilines is 1. The molecule has 152 valence electrons. The van der Waals surface area contributed by atoms with Gasteiger partial charge >= 0.3 is 0 Å². The number of carbonyl (C=O) groups excluding carboxylic acids is 2. The molecule has 0 spiro atoms. The van der Waals surface area contributed by atoms with Gasteiger partial charge in [0.1, 0.15) is 5.75 Å². The van der Waals surface area contributed by atoms with E-state index >= 15 is 0 Å². The predicted octanol–water partition coefficient (Wildman–Crippen LogP) is 2.70. The average molecular weight is 393 g/mol. The SMILES string of the molecule is CNCC1CCCN(C(=O)c2cccc(NC(=O)C3Cc4ccccc4O3)c2)C1. The summed E-state index contributed by atoms with van der Waals surface area (Å²) in [4.78, 5) is 27.5. The number of nitrogens with one attached hydrogen (secondary N) is 2. The van der Waals surface area contributed by atoms with Crippen molar-refractivity contribution >= 4 is 17.5 Å². The highest BCUT2D eigenvalue weighted by atomic mass is 16.5. The van der Waals surface area contributed by atoms with Gasteiger partial charge in [0.25, 0.3) is 11.8 Å². The lowest BCUT2D eigenvalue weighted by Crippen LogP contribution is -2.42. The zero-order chi connectivity index (χ0) is 20.2. The highest BCUT2D eigenvalue weighted by Crippen LogP contribution is 2.29. The van der Waals surface area contributed by atoms with E-state index in [0.717, 1.165) is 43.8 Å². The summed E-state index contributed by atoms with van der Waals surface area (Å²) in [5, 5.41) is 6.10. The second-order valence-corrected chi connectivity index (χ2v) is 7.81. The van der Waals surface area contributed by atoms with E-state index in [1.54, 1.807) is 12.1 Å². The monoisotopic (exact) mass is 393 g/mol. The van der Waals surface area contributed by atoms with Crippen molar-refractivity contribution in [2.45, 2.75) is 25.4 Å². The molecule has 2 aliphatic heterocycles. The van der Waals surface area contributed by atoms with E-state index in [0.29, 0.717) is 23.6 Å². The first-order chi connectivity index (χ1) is 14.1. The third kappa shape index (κ3) is 4.43. The topological polar surface area (TPSA) is 70.7 Å². The number of piperidine rings is 1. The Labute approximate surface area is 171 Å². The maximum atomic E-state index is 13.0. The van der Waals surface area contributed by atoms with Crippen LogP contribution in [0, 0.1) is 5.92 Å². The van der Waals surface area contributed by atoms with Crippen LogP contribution in [0.3, 0.4) is 0 Å². The minimum absolute atomic E-state index is 0.0198. The van der Waals surface area contributed by atoms with Gasteiger partial charge in [0.2, 0.25) is 0 Å². The van der Waals surface area contributed by atoms with Crippen LogP contribution in [0.4, 0.5) is 5.69 Å². The van der Waals surface area contributed by atoms with Crippen LogP contribution in [0.15, 0.2) is 48.5 Å². The molecular weight excluding hydrogens is 366 g/mol. The molecule has 2 amide bonds. The predicted molar refractivity (Wildman–Crippen MR) is 112 cm³/mol. The van der Waals surface area contributed by atoms with Crippen molar-refractivity contribution in [2.75, 3.05) is 32.0 Å². The Morgan fingerprint density at radius 1 is 1.17 bits per heavy atom. The summed E-state index contributed by atoms with van der Waals surface area (Å²) in [6, 6.07) is 14.9. The number of likely N-dealkylation sites (tertiary alicyclic amines) is 1. The summed E-state index contributed by atoms with van der Waals surface area (Å²) in [7, 11) is 1.94. The van der Waals surface area contributed by atoms with Gasteiger partial charge in [0.05, 0.1) is 0 Å². The molecule has 4 rings (SSSR count). The van der Waals surface area contributed by atoms with E-state index in [9.17, 15) is 9.59 Å². The van der Waals surface area contributed by atoms with Crippen LogP contribution >= 0.6 is 0 Å². The molecule has 0 aromatic heterocycles. The molecule has 2 atom stereocenters. The molecule has 2 aromatic rings. The quantitative estimate of drug-likeness (QED) is 0.819. The van der Waals surface area contributed by atoms with E-state index < -0.39 is 6.10 Å². The molecule has 1 saturated heterocycles. The van der Waals surface area contributed by atoms with E-state index in [4.69, 9.17) is 4.74 Å². The van der Waals surface area contributed by atoms with Crippen LogP contribution in [0.2, 0.25) is 0 Å². The molecule has 6 heteroatoms. The van der Waals surface area contributed by atoms with E-state index in [1.807, 2.05) is 48.3 Å². The number of hydrogen-bond acceptors (Lipinski definition) is 4. The standard InChI is InChI=1S/C23H27N3O3/c1-24-14-16-6-5-11-26(15-16)23(28)18-8-4-9-19(12-18)25-22(27)21-13-17-7-2-3-10-20(17)29-21/h2-4,7-10,12,16,21,24H,5-6,11,13-15H2,1H3,(H,25,27). The zero-order valence-electron chi connectivity index (χ0n) is 16.7. The van der Waals surface area contributed by atoms with Gasteiger partial charge in [0.15, 0.2) is 6.10 Å². The van der Waals surface area contributed by atoms with Crippen molar-refractivity contribution in [3.05, 3.63) is 59.7 Å². The van der Waals surface area contributed by atoms with Gasteiger partial charge in [-0.2, -0.15) is 0 Å². The van der Waals surface area contributed by atoms with Gasteiger partial charge in [-0.1, -0.05) is 24.3 Å². The third-order valence-electron chi connectivity index (χ3n) is 5.62. The molecular formula is C23H27N3O3.